The minimum atomic E-state index is -4.84. The maximum Gasteiger partial charge on any atom is 0.421 e. The van der Waals surface area contributed by atoms with E-state index in [0.29, 0.717) is 30.7 Å². The summed E-state index contributed by atoms with van der Waals surface area (Å²) in [6.45, 7) is 6.79. The number of ether oxygens (including phenoxy) is 2. The van der Waals surface area contributed by atoms with Crippen LogP contribution >= 0.6 is 0 Å². The molecule has 1 aliphatic rings. The van der Waals surface area contributed by atoms with Gasteiger partial charge in [0.05, 0.1) is 25.2 Å². The van der Waals surface area contributed by atoms with E-state index in [2.05, 4.69) is 4.99 Å². The van der Waals surface area contributed by atoms with E-state index in [9.17, 15) is 18.3 Å². The summed E-state index contributed by atoms with van der Waals surface area (Å²) < 4.78 is 53.7. The number of aryl methyl sites for hydroxylation is 1. The van der Waals surface area contributed by atoms with Crippen molar-refractivity contribution < 1.29 is 27.8 Å². The summed E-state index contributed by atoms with van der Waals surface area (Å²) in [5.41, 5.74) is -2.21. The Morgan fingerprint density at radius 1 is 1.20 bits per heavy atom. The summed E-state index contributed by atoms with van der Waals surface area (Å²) in [6, 6.07) is 2.83. The SMILES string of the molecule is CCOC1CCC(C(O)(c2cc(C)c(/N=C\N(C)CC)cc2OC)C(F)(F)F)CC1. The first-order valence-corrected chi connectivity index (χ1v) is 10.4. The van der Waals surface area contributed by atoms with Gasteiger partial charge < -0.3 is 19.5 Å². The van der Waals surface area contributed by atoms with Crippen LogP contribution in [0.15, 0.2) is 17.1 Å². The predicted molar refractivity (Wildman–Crippen MR) is 112 cm³/mol. The number of hydrogen-bond acceptors (Lipinski definition) is 4. The summed E-state index contributed by atoms with van der Waals surface area (Å²) in [5.74, 6) is -0.984. The maximum atomic E-state index is 14.3. The Morgan fingerprint density at radius 3 is 2.33 bits per heavy atom. The normalized spacial score (nSPS) is 22.2. The van der Waals surface area contributed by atoms with E-state index in [1.54, 1.807) is 13.3 Å². The summed E-state index contributed by atoms with van der Waals surface area (Å²) in [4.78, 5) is 6.20. The van der Waals surface area contributed by atoms with Crippen molar-refractivity contribution in [2.45, 2.75) is 64.3 Å². The molecular weight excluding hydrogens is 397 g/mol. The molecule has 1 unspecified atom stereocenters. The van der Waals surface area contributed by atoms with Gasteiger partial charge in [-0.15, -0.1) is 0 Å². The second-order valence-corrected chi connectivity index (χ2v) is 7.85. The van der Waals surface area contributed by atoms with E-state index < -0.39 is 17.7 Å². The van der Waals surface area contributed by atoms with E-state index in [1.807, 2.05) is 25.8 Å². The predicted octanol–water partition coefficient (Wildman–Crippen LogP) is 4.96. The molecule has 1 saturated carbocycles. The molecule has 0 radical (unpaired) electrons. The summed E-state index contributed by atoms with van der Waals surface area (Å²) in [7, 11) is 3.16. The molecule has 0 bridgehead atoms. The highest BCUT2D eigenvalue weighted by Gasteiger charge is 2.61. The third kappa shape index (κ3) is 5.09. The molecule has 0 aliphatic heterocycles. The zero-order valence-corrected chi connectivity index (χ0v) is 18.4. The van der Waals surface area contributed by atoms with Gasteiger partial charge in [-0.25, -0.2) is 4.99 Å². The fraction of sp³-hybridized carbons (Fsp3) is 0.682. The smallest absolute Gasteiger partial charge is 0.421 e. The quantitative estimate of drug-likeness (QED) is 0.468. The zero-order valence-electron chi connectivity index (χ0n) is 18.4. The lowest BCUT2D eigenvalue weighted by molar-refractivity contribution is -0.292. The monoisotopic (exact) mass is 430 g/mol. The first-order chi connectivity index (χ1) is 14.1. The molecule has 0 heterocycles. The average Bonchev–Trinajstić information content (AvgIpc) is 2.71. The third-order valence-electron chi connectivity index (χ3n) is 5.92. The van der Waals surface area contributed by atoms with Crippen LogP contribution in [-0.2, 0) is 10.3 Å². The Kier molecular flexibility index (Phi) is 8.16. The number of methoxy groups -OCH3 is 1. The highest BCUT2D eigenvalue weighted by atomic mass is 19.4. The lowest BCUT2D eigenvalue weighted by Gasteiger charge is -2.42. The number of hydrogen-bond donors (Lipinski definition) is 1. The summed E-state index contributed by atoms with van der Waals surface area (Å²) >= 11 is 0. The topological polar surface area (TPSA) is 54.3 Å². The van der Waals surface area contributed by atoms with Crippen molar-refractivity contribution in [2.75, 3.05) is 27.3 Å². The van der Waals surface area contributed by atoms with Crippen LogP contribution in [0.25, 0.3) is 0 Å². The van der Waals surface area contributed by atoms with Crippen LogP contribution in [0.3, 0.4) is 0 Å². The van der Waals surface area contributed by atoms with E-state index in [-0.39, 0.29) is 30.3 Å². The molecule has 0 aromatic heterocycles. The number of halogens is 3. The van der Waals surface area contributed by atoms with Gasteiger partial charge >= 0.3 is 6.18 Å². The van der Waals surface area contributed by atoms with Crippen molar-refractivity contribution in [3.8, 4) is 5.75 Å². The van der Waals surface area contributed by atoms with Crippen molar-refractivity contribution >= 4 is 12.0 Å². The van der Waals surface area contributed by atoms with E-state index in [0.717, 1.165) is 6.54 Å². The molecule has 1 aromatic rings. The van der Waals surface area contributed by atoms with Gasteiger partial charge in [-0.1, -0.05) is 0 Å². The number of alkyl halides is 3. The lowest BCUT2D eigenvalue weighted by atomic mass is 9.71. The molecule has 0 saturated heterocycles. The molecule has 1 fully saturated rings. The van der Waals surface area contributed by atoms with Gasteiger partial charge in [-0.2, -0.15) is 13.2 Å². The van der Waals surface area contributed by atoms with E-state index in [4.69, 9.17) is 9.47 Å². The molecular formula is C22H33F3N2O3. The highest BCUT2D eigenvalue weighted by molar-refractivity contribution is 5.65. The molecule has 2 rings (SSSR count). The summed E-state index contributed by atoms with van der Waals surface area (Å²) in [6.07, 6.45) is -1.85. The molecule has 30 heavy (non-hydrogen) atoms. The number of benzene rings is 1. The summed E-state index contributed by atoms with van der Waals surface area (Å²) in [5, 5.41) is 11.2. The largest absolute Gasteiger partial charge is 0.496 e. The van der Waals surface area contributed by atoms with Crippen LogP contribution in [0.4, 0.5) is 18.9 Å². The molecule has 1 N–H and O–H groups in total. The zero-order chi connectivity index (χ0) is 22.5. The van der Waals surface area contributed by atoms with Crippen LogP contribution in [-0.4, -0.2) is 55.9 Å². The van der Waals surface area contributed by atoms with Crippen molar-refractivity contribution in [1.82, 2.24) is 4.90 Å². The first-order valence-electron chi connectivity index (χ1n) is 10.4. The second kappa shape index (κ2) is 10.0. The standard InChI is InChI=1S/C22H33F3N2O3/c1-6-27(4)14-26-19-13-20(29-5)18(12-15(19)3)21(28,22(23,24)25)16-8-10-17(11-9-16)30-7-2/h12-14,16-17,28H,6-11H2,1-5H3/b26-14-. The second-order valence-electron chi connectivity index (χ2n) is 7.85. The van der Waals surface area contributed by atoms with Crippen molar-refractivity contribution in [1.29, 1.82) is 0 Å². The van der Waals surface area contributed by atoms with Gasteiger partial charge in [0.15, 0.2) is 5.60 Å². The Bertz CT molecular complexity index is 731. The average molecular weight is 431 g/mol. The molecule has 0 spiro atoms. The number of aliphatic hydroxyl groups is 1. The number of nitrogens with zero attached hydrogens (tertiary/aromatic N) is 2. The Labute approximate surface area is 176 Å². The van der Waals surface area contributed by atoms with Gasteiger partial charge in [0.1, 0.15) is 5.75 Å². The van der Waals surface area contributed by atoms with Crippen LogP contribution < -0.4 is 4.74 Å². The van der Waals surface area contributed by atoms with Crippen LogP contribution in [0, 0.1) is 12.8 Å². The lowest BCUT2D eigenvalue weighted by Crippen LogP contribution is -2.50. The Balaban J connectivity index is 2.47. The highest BCUT2D eigenvalue weighted by Crippen LogP contribution is 2.52. The van der Waals surface area contributed by atoms with Crippen molar-refractivity contribution in [3.05, 3.63) is 23.3 Å². The van der Waals surface area contributed by atoms with Gasteiger partial charge in [0, 0.05) is 37.7 Å². The minimum absolute atomic E-state index is 0.0151. The Hall–Kier alpha value is -1.80. The van der Waals surface area contributed by atoms with Crippen molar-refractivity contribution in [2.24, 2.45) is 10.9 Å². The Morgan fingerprint density at radius 2 is 1.83 bits per heavy atom. The van der Waals surface area contributed by atoms with Crippen LogP contribution in [0.2, 0.25) is 0 Å². The van der Waals surface area contributed by atoms with Gasteiger partial charge in [0.25, 0.3) is 0 Å². The van der Waals surface area contributed by atoms with E-state index in [1.165, 1.54) is 19.2 Å². The minimum Gasteiger partial charge on any atom is -0.496 e. The maximum absolute atomic E-state index is 14.3. The third-order valence-corrected chi connectivity index (χ3v) is 5.92. The fourth-order valence-electron chi connectivity index (χ4n) is 4.01. The molecule has 5 nitrogen and oxygen atoms in total. The molecule has 170 valence electrons. The molecule has 1 atom stereocenters. The first kappa shape index (κ1) is 24.5. The van der Waals surface area contributed by atoms with Crippen LogP contribution in [0.5, 0.6) is 5.75 Å². The molecule has 8 heteroatoms. The number of rotatable bonds is 8. The van der Waals surface area contributed by atoms with E-state index >= 15 is 0 Å². The van der Waals surface area contributed by atoms with Crippen molar-refractivity contribution in [3.63, 3.8) is 0 Å². The van der Waals surface area contributed by atoms with Gasteiger partial charge in [-0.3, -0.25) is 0 Å². The molecule has 1 aliphatic carbocycles. The number of aliphatic imine (C=N–C) groups is 1. The van der Waals surface area contributed by atoms with Gasteiger partial charge in [-0.05, 0) is 58.1 Å². The fourth-order valence-corrected chi connectivity index (χ4v) is 4.01. The van der Waals surface area contributed by atoms with Crippen LogP contribution in [0.1, 0.15) is 50.7 Å². The molecule has 0 amide bonds. The molecule has 1 aromatic carbocycles. The van der Waals surface area contributed by atoms with Gasteiger partial charge in [0.2, 0.25) is 0 Å².